The zero-order chi connectivity index (χ0) is 13.4. The molecule has 1 aromatic rings. The Kier molecular flexibility index (Phi) is 3.38. The van der Waals surface area contributed by atoms with Crippen LogP contribution in [0, 0.1) is 0 Å². The van der Waals surface area contributed by atoms with Crippen LogP contribution in [0.4, 0.5) is 0 Å². The van der Waals surface area contributed by atoms with Gasteiger partial charge in [0, 0.05) is 12.0 Å². The number of rotatable bonds is 6. The van der Waals surface area contributed by atoms with Crippen molar-refractivity contribution in [3.8, 4) is 0 Å². The normalized spacial score (nSPS) is 21.6. The van der Waals surface area contributed by atoms with Gasteiger partial charge in [0.15, 0.2) is 11.0 Å². The molecule has 104 valence electrons. The molecule has 0 aromatic carbocycles. The van der Waals surface area contributed by atoms with Crippen LogP contribution in [0.15, 0.2) is 10.3 Å². The van der Waals surface area contributed by atoms with Gasteiger partial charge in [0.2, 0.25) is 0 Å². The molecule has 0 aliphatic heterocycles. The van der Waals surface area contributed by atoms with Gasteiger partial charge in [0.25, 0.3) is 0 Å². The summed E-state index contributed by atoms with van der Waals surface area (Å²) in [5.41, 5.74) is 5.72. The van der Waals surface area contributed by atoms with Crippen LogP contribution in [-0.2, 0) is 0 Å². The van der Waals surface area contributed by atoms with Gasteiger partial charge in [-0.05, 0) is 32.1 Å². The third-order valence-corrected chi connectivity index (χ3v) is 4.96. The molecule has 7 heteroatoms. The van der Waals surface area contributed by atoms with E-state index in [9.17, 15) is 0 Å². The molecule has 6 nitrogen and oxygen atoms in total. The van der Waals surface area contributed by atoms with Crippen molar-refractivity contribution < 1.29 is 5.21 Å². The second-order valence-electron chi connectivity index (χ2n) is 5.26. The highest BCUT2D eigenvalue weighted by Crippen LogP contribution is 2.46. The van der Waals surface area contributed by atoms with Crippen molar-refractivity contribution in [3.05, 3.63) is 5.82 Å². The highest BCUT2D eigenvalue weighted by molar-refractivity contribution is 8.00. The lowest BCUT2D eigenvalue weighted by Crippen LogP contribution is -2.26. The van der Waals surface area contributed by atoms with E-state index in [0.29, 0.717) is 12.0 Å². The molecule has 2 saturated carbocycles. The van der Waals surface area contributed by atoms with Gasteiger partial charge in [-0.25, -0.2) is 0 Å². The SMILES string of the molecule is CCC(Sc1nnc(C2CC2)n1C1CC1)C(N)=NO. The molecule has 1 atom stereocenters. The van der Waals surface area contributed by atoms with Crippen LogP contribution in [0.25, 0.3) is 0 Å². The lowest BCUT2D eigenvalue weighted by atomic mass is 10.3. The van der Waals surface area contributed by atoms with E-state index < -0.39 is 0 Å². The van der Waals surface area contributed by atoms with E-state index in [2.05, 4.69) is 19.9 Å². The summed E-state index contributed by atoms with van der Waals surface area (Å²) in [7, 11) is 0. The minimum atomic E-state index is -0.0428. The summed E-state index contributed by atoms with van der Waals surface area (Å²) in [6.07, 6.45) is 5.69. The van der Waals surface area contributed by atoms with Crippen molar-refractivity contribution in [2.24, 2.45) is 10.9 Å². The summed E-state index contributed by atoms with van der Waals surface area (Å²) in [5.74, 6) is 2.00. The van der Waals surface area contributed by atoms with Crippen molar-refractivity contribution in [1.29, 1.82) is 0 Å². The van der Waals surface area contributed by atoms with E-state index in [1.165, 1.54) is 25.7 Å². The van der Waals surface area contributed by atoms with E-state index in [4.69, 9.17) is 10.9 Å². The predicted octanol–water partition coefficient (Wildman–Crippen LogP) is 2.11. The molecule has 2 aliphatic rings. The Hall–Kier alpha value is -1.24. The first-order valence-corrected chi connectivity index (χ1v) is 7.71. The van der Waals surface area contributed by atoms with Crippen LogP contribution in [-0.4, -0.2) is 31.1 Å². The maximum Gasteiger partial charge on any atom is 0.192 e. The first-order chi connectivity index (χ1) is 9.24. The molecule has 3 rings (SSSR count). The second-order valence-corrected chi connectivity index (χ2v) is 6.43. The third kappa shape index (κ3) is 2.56. The summed E-state index contributed by atoms with van der Waals surface area (Å²) in [4.78, 5) is 0. The number of hydrogen-bond donors (Lipinski definition) is 2. The van der Waals surface area contributed by atoms with Gasteiger partial charge in [0.1, 0.15) is 5.82 Å². The Bertz CT molecular complexity index is 492. The Labute approximate surface area is 116 Å². The molecule has 0 radical (unpaired) electrons. The van der Waals surface area contributed by atoms with Gasteiger partial charge in [-0.2, -0.15) is 0 Å². The topological polar surface area (TPSA) is 89.3 Å². The number of amidine groups is 1. The van der Waals surface area contributed by atoms with Gasteiger partial charge < -0.3 is 15.5 Å². The van der Waals surface area contributed by atoms with Gasteiger partial charge in [-0.3, -0.25) is 0 Å². The van der Waals surface area contributed by atoms with Crippen molar-refractivity contribution in [2.45, 2.75) is 61.4 Å². The number of nitrogens with two attached hydrogens (primary N) is 1. The minimum absolute atomic E-state index is 0.0428. The van der Waals surface area contributed by atoms with Crippen LogP contribution in [0.1, 0.15) is 56.8 Å². The number of nitrogens with zero attached hydrogens (tertiary/aromatic N) is 4. The Balaban J connectivity index is 1.83. The van der Waals surface area contributed by atoms with Crippen LogP contribution in [0.5, 0.6) is 0 Å². The van der Waals surface area contributed by atoms with Gasteiger partial charge in [-0.15, -0.1) is 10.2 Å². The molecular formula is C12H19N5OS. The fraction of sp³-hybridized carbons (Fsp3) is 0.750. The lowest BCUT2D eigenvalue weighted by molar-refractivity contribution is 0.317. The molecule has 1 heterocycles. The number of oxime groups is 1. The summed E-state index contributed by atoms with van der Waals surface area (Å²) in [6, 6.07) is 0.567. The van der Waals surface area contributed by atoms with Gasteiger partial charge in [-0.1, -0.05) is 23.8 Å². The molecule has 0 bridgehead atoms. The zero-order valence-corrected chi connectivity index (χ0v) is 11.8. The molecule has 0 spiro atoms. The highest BCUT2D eigenvalue weighted by Gasteiger charge is 2.37. The molecule has 0 amide bonds. The number of hydrogen-bond acceptors (Lipinski definition) is 5. The van der Waals surface area contributed by atoms with E-state index in [0.717, 1.165) is 17.4 Å². The Morgan fingerprint density at radius 3 is 2.74 bits per heavy atom. The molecular weight excluding hydrogens is 262 g/mol. The van der Waals surface area contributed by atoms with E-state index >= 15 is 0 Å². The number of aromatic nitrogens is 3. The molecule has 3 N–H and O–H groups in total. The average molecular weight is 281 g/mol. The van der Waals surface area contributed by atoms with Crippen molar-refractivity contribution in [1.82, 2.24) is 14.8 Å². The lowest BCUT2D eigenvalue weighted by Gasteiger charge is -2.13. The van der Waals surface area contributed by atoms with E-state index in [1.807, 2.05) is 6.92 Å². The van der Waals surface area contributed by atoms with Crippen LogP contribution in [0.2, 0.25) is 0 Å². The van der Waals surface area contributed by atoms with Crippen LogP contribution >= 0.6 is 11.8 Å². The van der Waals surface area contributed by atoms with Gasteiger partial charge >= 0.3 is 0 Å². The zero-order valence-electron chi connectivity index (χ0n) is 11.0. The summed E-state index contributed by atoms with van der Waals surface area (Å²) in [5, 5.41) is 21.5. The third-order valence-electron chi connectivity index (χ3n) is 3.61. The van der Waals surface area contributed by atoms with Crippen molar-refractivity contribution >= 4 is 17.6 Å². The standard InChI is InChI=1S/C12H19N5OS/c1-2-9(10(13)16-18)19-12-15-14-11(7-3-4-7)17(12)8-5-6-8/h7-9,18H,2-6H2,1H3,(H2,13,16). The maximum absolute atomic E-state index is 8.82. The minimum Gasteiger partial charge on any atom is -0.409 e. The molecule has 1 unspecified atom stereocenters. The molecule has 2 fully saturated rings. The summed E-state index contributed by atoms with van der Waals surface area (Å²) >= 11 is 1.56. The average Bonchev–Trinajstić information content (AvgIpc) is 3.33. The Morgan fingerprint density at radius 1 is 1.47 bits per heavy atom. The van der Waals surface area contributed by atoms with Crippen LogP contribution in [0.3, 0.4) is 0 Å². The maximum atomic E-state index is 8.82. The van der Waals surface area contributed by atoms with Crippen molar-refractivity contribution in [2.75, 3.05) is 0 Å². The van der Waals surface area contributed by atoms with E-state index in [1.54, 1.807) is 11.8 Å². The summed E-state index contributed by atoms with van der Waals surface area (Å²) in [6.45, 7) is 2.02. The quantitative estimate of drug-likeness (QED) is 0.274. The monoisotopic (exact) mass is 281 g/mol. The van der Waals surface area contributed by atoms with Crippen LogP contribution < -0.4 is 5.73 Å². The Morgan fingerprint density at radius 2 is 2.21 bits per heavy atom. The van der Waals surface area contributed by atoms with E-state index in [-0.39, 0.29) is 11.1 Å². The molecule has 2 aliphatic carbocycles. The number of thioether (sulfide) groups is 1. The predicted molar refractivity (Wildman–Crippen MR) is 73.6 cm³/mol. The fourth-order valence-electron chi connectivity index (χ4n) is 2.21. The highest BCUT2D eigenvalue weighted by atomic mass is 32.2. The fourth-order valence-corrected chi connectivity index (χ4v) is 3.24. The smallest absolute Gasteiger partial charge is 0.192 e. The molecule has 0 saturated heterocycles. The second kappa shape index (κ2) is 5.03. The summed E-state index contributed by atoms with van der Waals surface area (Å²) < 4.78 is 2.29. The van der Waals surface area contributed by atoms with Crippen molar-refractivity contribution in [3.63, 3.8) is 0 Å². The largest absolute Gasteiger partial charge is 0.409 e. The van der Waals surface area contributed by atoms with Gasteiger partial charge in [0.05, 0.1) is 5.25 Å². The first-order valence-electron chi connectivity index (χ1n) is 6.83. The first kappa shape index (κ1) is 12.8. The molecule has 1 aromatic heterocycles. The molecule has 19 heavy (non-hydrogen) atoms.